The number of aromatic nitrogens is 1. The van der Waals surface area contributed by atoms with Crippen molar-refractivity contribution in [3.63, 3.8) is 0 Å². The molecule has 4 aromatic carbocycles. The third-order valence-corrected chi connectivity index (χ3v) is 6.59. The predicted octanol–water partition coefficient (Wildman–Crippen LogP) is 6.67. The summed E-state index contributed by atoms with van der Waals surface area (Å²) in [4.78, 5) is 20.7. The van der Waals surface area contributed by atoms with Gasteiger partial charge in [0.05, 0.1) is 23.4 Å². The minimum Gasteiger partial charge on any atom is -0.475 e. The molecule has 0 atom stereocenters. The van der Waals surface area contributed by atoms with Crippen molar-refractivity contribution in [3.8, 4) is 5.75 Å². The minimum atomic E-state index is -0.477. The Labute approximate surface area is 239 Å². The van der Waals surface area contributed by atoms with Crippen LogP contribution in [0.15, 0.2) is 138 Å². The summed E-state index contributed by atoms with van der Waals surface area (Å²) in [7, 11) is 0. The Morgan fingerprint density at radius 2 is 1.15 bits per heavy atom. The molecule has 5 aromatic rings. The molecule has 0 aliphatic heterocycles. The Kier molecular flexibility index (Phi) is 8.69. The molecule has 0 unspecified atom stereocenters. The van der Waals surface area contributed by atoms with Gasteiger partial charge in [-0.3, -0.25) is 4.79 Å². The Hall–Kier alpha value is -4.68. The van der Waals surface area contributed by atoms with E-state index in [1.54, 1.807) is 23.9 Å². The third-order valence-electron chi connectivity index (χ3n) is 6.45. The highest BCUT2D eigenvalue weighted by Crippen LogP contribution is 2.28. The molecular formula is C34H30N2O3S. The van der Waals surface area contributed by atoms with Crippen LogP contribution in [0.25, 0.3) is 0 Å². The van der Waals surface area contributed by atoms with Gasteiger partial charge in [-0.1, -0.05) is 134 Å². The Morgan fingerprint density at radius 1 is 0.725 bits per heavy atom. The van der Waals surface area contributed by atoms with Crippen LogP contribution >= 0.6 is 12.2 Å². The van der Waals surface area contributed by atoms with Gasteiger partial charge in [-0.15, -0.1) is 0 Å². The van der Waals surface area contributed by atoms with Crippen molar-refractivity contribution in [2.24, 2.45) is 0 Å². The number of benzene rings is 4. The van der Waals surface area contributed by atoms with Gasteiger partial charge < -0.3 is 14.9 Å². The number of rotatable bonds is 10. The van der Waals surface area contributed by atoms with E-state index in [1.165, 1.54) is 0 Å². The molecule has 0 aliphatic carbocycles. The van der Waals surface area contributed by atoms with Gasteiger partial charge in [-0.05, 0) is 29.2 Å². The molecule has 1 heterocycles. The maximum Gasteiger partial charge on any atom is 0.224 e. The molecule has 0 saturated heterocycles. The van der Waals surface area contributed by atoms with Crippen LogP contribution in [0.5, 0.6) is 5.75 Å². The highest BCUT2D eigenvalue weighted by molar-refractivity contribution is 7.80. The second-order valence-electron chi connectivity index (χ2n) is 9.35. The number of nitrogens with one attached hydrogen (secondary N) is 1. The molecule has 0 bridgehead atoms. The van der Waals surface area contributed by atoms with Crippen molar-refractivity contribution in [1.29, 1.82) is 0 Å². The van der Waals surface area contributed by atoms with Crippen molar-refractivity contribution in [1.82, 2.24) is 10.0 Å². The summed E-state index contributed by atoms with van der Waals surface area (Å²) in [5.41, 5.74) is 4.21. The highest BCUT2D eigenvalue weighted by atomic mass is 32.1. The lowest BCUT2D eigenvalue weighted by Gasteiger charge is -2.25. The first-order valence-electron chi connectivity index (χ1n) is 13.1. The monoisotopic (exact) mass is 546 g/mol. The lowest BCUT2D eigenvalue weighted by molar-refractivity contribution is 0.0513. The first kappa shape index (κ1) is 26.9. The molecule has 5 nitrogen and oxygen atoms in total. The molecule has 0 spiro atoms. The van der Waals surface area contributed by atoms with Crippen LogP contribution in [0.2, 0.25) is 0 Å². The first-order valence-corrected chi connectivity index (χ1v) is 13.5. The number of hydrogen-bond acceptors (Lipinski definition) is 4. The molecule has 0 amide bonds. The lowest BCUT2D eigenvalue weighted by Crippen LogP contribution is -2.29. The van der Waals surface area contributed by atoms with Gasteiger partial charge in [0.25, 0.3) is 0 Å². The smallest absolute Gasteiger partial charge is 0.224 e. The van der Waals surface area contributed by atoms with E-state index in [9.17, 15) is 4.79 Å². The molecule has 0 radical (unpaired) electrons. The van der Waals surface area contributed by atoms with E-state index in [4.69, 9.17) is 21.8 Å². The fraction of sp³-hybridized carbons (Fsp3) is 0.118. The highest BCUT2D eigenvalue weighted by Gasteiger charge is 2.21. The van der Waals surface area contributed by atoms with Crippen LogP contribution < -0.4 is 20.3 Å². The van der Waals surface area contributed by atoms with Gasteiger partial charge in [0.15, 0.2) is 11.9 Å². The summed E-state index contributed by atoms with van der Waals surface area (Å²) < 4.78 is 8.10. The molecule has 0 fully saturated rings. The average molecular weight is 547 g/mol. The number of nitrogens with zero attached hydrogens (tertiary/aromatic N) is 1. The quantitative estimate of drug-likeness (QED) is 0.198. The van der Waals surface area contributed by atoms with Crippen molar-refractivity contribution in [3.05, 3.63) is 172 Å². The third kappa shape index (κ3) is 6.65. The Bertz CT molecular complexity index is 1510. The summed E-state index contributed by atoms with van der Waals surface area (Å²) in [5, 5.41) is 3.15. The molecule has 6 heteroatoms. The van der Waals surface area contributed by atoms with E-state index in [2.05, 4.69) is 5.32 Å². The van der Waals surface area contributed by atoms with Crippen LogP contribution in [0.3, 0.4) is 0 Å². The second kappa shape index (κ2) is 12.9. The molecule has 200 valence electrons. The topological polar surface area (TPSA) is 52.5 Å². The van der Waals surface area contributed by atoms with Crippen LogP contribution in [0.4, 0.5) is 0 Å². The van der Waals surface area contributed by atoms with Gasteiger partial charge in [0, 0.05) is 6.07 Å². The predicted molar refractivity (Wildman–Crippen MR) is 162 cm³/mol. The van der Waals surface area contributed by atoms with Gasteiger partial charge in [-0.25, -0.2) is 0 Å². The van der Waals surface area contributed by atoms with Gasteiger partial charge >= 0.3 is 0 Å². The summed E-state index contributed by atoms with van der Waals surface area (Å²) >= 11 is 5.24. The normalized spacial score (nSPS) is 10.9. The zero-order valence-corrected chi connectivity index (χ0v) is 23.0. The number of pyridine rings is 1. The molecule has 1 N–H and O–H groups in total. The van der Waals surface area contributed by atoms with E-state index < -0.39 is 12.2 Å². The Morgan fingerprint density at radius 3 is 1.57 bits per heavy atom. The fourth-order valence-electron chi connectivity index (χ4n) is 4.46. The summed E-state index contributed by atoms with van der Waals surface area (Å²) in [6, 6.07) is 41.3. The fourth-order valence-corrected chi connectivity index (χ4v) is 4.54. The van der Waals surface area contributed by atoms with E-state index in [1.807, 2.05) is 121 Å². The number of thiocarbonyl (C=S) groups is 1. The average Bonchev–Trinajstić information content (AvgIpc) is 3.00. The standard InChI is InChI=1S/C34H30N2O3S/c1-25(40)35-23-30-22-31(37)32(38-33(26-14-6-2-7-15-26)27-16-8-3-9-17-27)24-36(30)39-34(28-18-10-4-11-19-28)29-20-12-5-13-21-29/h2-22,24,33-34H,23H2,1H3,(H,35,40). The largest absolute Gasteiger partial charge is 0.475 e. The summed E-state index contributed by atoms with van der Waals surface area (Å²) in [6.45, 7) is 2.12. The van der Waals surface area contributed by atoms with Gasteiger partial charge in [0.1, 0.15) is 6.10 Å². The van der Waals surface area contributed by atoms with Crippen molar-refractivity contribution in [2.45, 2.75) is 25.7 Å². The molecule has 0 saturated carbocycles. The van der Waals surface area contributed by atoms with E-state index >= 15 is 0 Å². The zero-order valence-electron chi connectivity index (χ0n) is 22.1. The van der Waals surface area contributed by atoms with E-state index in [-0.39, 0.29) is 11.2 Å². The zero-order chi connectivity index (χ0) is 27.7. The molecule has 5 rings (SSSR count). The second-order valence-corrected chi connectivity index (χ2v) is 9.97. The maximum atomic E-state index is 13.4. The van der Waals surface area contributed by atoms with Crippen LogP contribution in [0.1, 0.15) is 47.1 Å². The van der Waals surface area contributed by atoms with Crippen LogP contribution in [-0.2, 0) is 6.54 Å². The van der Waals surface area contributed by atoms with Crippen molar-refractivity contribution >= 4 is 17.2 Å². The van der Waals surface area contributed by atoms with Gasteiger partial charge in [0.2, 0.25) is 5.43 Å². The Balaban J connectivity index is 1.57. The van der Waals surface area contributed by atoms with E-state index in [0.717, 1.165) is 22.3 Å². The summed E-state index contributed by atoms with van der Waals surface area (Å²) in [6.07, 6.45) is 0.731. The van der Waals surface area contributed by atoms with E-state index in [0.29, 0.717) is 17.2 Å². The summed E-state index contributed by atoms with van der Waals surface area (Å²) in [5.74, 6) is 0.181. The van der Waals surface area contributed by atoms with Crippen molar-refractivity contribution < 1.29 is 9.57 Å². The molecule has 40 heavy (non-hydrogen) atoms. The SMILES string of the molecule is CC(=S)NCc1cc(=O)c(OC(c2ccccc2)c2ccccc2)cn1OC(c1ccccc1)c1ccccc1. The van der Waals surface area contributed by atoms with Gasteiger partial charge in [-0.2, -0.15) is 4.73 Å². The number of hydrogen-bond donors (Lipinski definition) is 1. The molecular weight excluding hydrogens is 516 g/mol. The maximum absolute atomic E-state index is 13.4. The van der Waals surface area contributed by atoms with Crippen LogP contribution in [-0.4, -0.2) is 9.72 Å². The minimum absolute atomic E-state index is 0.181. The molecule has 1 aromatic heterocycles. The van der Waals surface area contributed by atoms with Crippen LogP contribution in [0, 0.1) is 0 Å². The van der Waals surface area contributed by atoms with Crippen molar-refractivity contribution in [2.75, 3.05) is 0 Å². The molecule has 0 aliphatic rings. The first-order chi connectivity index (χ1) is 19.6. The lowest BCUT2D eigenvalue weighted by atomic mass is 10.0. The number of ether oxygens (including phenoxy) is 1.